The molecule has 0 fully saturated rings. The maximum absolute atomic E-state index is 8.89. The molecule has 19 heteroatoms. The number of hydrogen-bond acceptors (Lipinski definition) is 6. The van der Waals surface area contributed by atoms with Gasteiger partial charge in [-0.15, -0.1) is 9.05 Å². The van der Waals surface area contributed by atoms with E-state index >= 15 is 0 Å². The summed E-state index contributed by atoms with van der Waals surface area (Å²) in [5, 5.41) is 8.89. The first-order valence-corrected chi connectivity index (χ1v) is 3.91. The molecule has 122 valence electrons. The summed E-state index contributed by atoms with van der Waals surface area (Å²) in [4.78, 5) is 8.89. The average Bonchev–Trinajstić information content (AvgIpc) is 1.19. The van der Waals surface area contributed by atoms with Gasteiger partial charge < -0.3 is 64.2 Å². The van der Waals surface area contributed by atoms with Crippen LogP contribution in [0.4, 0.5) is 0 Å². The van der Waals surface area contributed by atoms with E-state index in [1.165, 1.54) is 0 Å². The molecule has 0 aromatic heterocycles. The summed E-state index contributed by atoms with van der Waals surface area (Å²) >= 11 is 3.24. The van der Waals surface area contributed by atoms with Crippen molar-refractivity contribution in [1.82, 2.24) is 0 Å². The maximum atomic E-state index is 8.89. The number of hydrogen-bond donors (Lipinski definition) is 0. The monoisotopic (exact) mass is 408 g/mol. The summed E-state index contributed by atoms with van der Waals surface area (Å²) < 4.78 is 26.7. The van der Waals surface area contributed by atoms with Crippen LogP contribution in [0, 0.1) is 0 Å². The molecule has 0 rings (SSSR count). The van der Waals surface area contributed by atoms with Gasteiger partial charge in [-0.2, -0.15) is 0 Å². The minimum Gasteiger partial charge on any atom is -1.00 e. The predicted molar refractivity (Wildman–Crippen MR) is 57.8 cm³/mol. The third-order valence-corrected chi connectivity index (χ3v) is 0. The van der Waals surface area contributed by atoms with Crippen LogP contribution in [0.1, 0.15) is 8.35 Å². The van der Waals surface area contributed by atoms with Crippen LogP contribution >= 0.6 is 0 Å². The van der Waals surface area contributed by atoms with Gasteiger partial charge in [-0.3, -0.25) is 4.21 Å². The zero-order valence-corrected chi connectivity index (χ0v) is 22.0. The van der Waals surface area contributed by atoms with Crippen molar-refractivity contribution in [2.24, 2.45) is 0 Å². The molecular formula is C2H20Na4O13S2. The third kappa shape index (κ3) is 911. The van der Waals surface area contributed by atoms with E-state index in [9.17, 15) is 0 Å². The number of aliphatic carboxylic acids is 1. The first-order valence-electron chi connectivity index (χ1n) is 1.57. The Labute approximate surface area is 216 Å². The fourth-order valence-electron chi connectivity index (χ4n) is 0. The van der Waals surface area contributed by atoms with Gasteiger partial charge in [-0.1, -0.05) is 0 Å². The molecule has 0 saturated heterocycles. The van der Waals surface area contributed by atoms with Crippen molar-refractivity contribution < 1.29 is 187 Å². The van der Waals surface area contributed by atoms with E-state index in [1.54, 1.807) is 0 Å². The summed E-state index contributed by atoms with van der Waals surface area (Å²) in [6.45, 7) is 0.972. The Morgan fingerprint density at radius 2 is 0.810 bits per heavy atom. The number of carboxylic acids is 1. The molecule has 16 N–H and O–H groups in total. The van der Waals surface area contributed by atoms with Crippen LogP contribution in [0.15, 0.2) is 0 Å². The standard InChI is InChI=1S/C2H4O2.4Na.H2O3S2.8H2O.H/c1-2(3)4;;;;;1-5(2,3)4;;;;;;;;;/h1H3,(H,3,4);;;;;(H2,1,2,3,4);8*1H2;/q;4*+1;;;;;;;;;;-1/p-3. The largest absolute Gasteiger partial charge is 1.00 e. The Morgan fingerprint density at radius 1 is 0.810 bits per heavy atom. The molecule has 0 bridgehead atoms. The van der Waals surface area contributed by atoms with Crippen LogP contribution in [0.2, 0.25) is 0 Å². The van der Waals surface area contributed by atoms with Gasteiger partial charge in [0.05, 0.1) is 0 Å². The normalized spacial score (nSPS) is 3.95. The van der Waals surface area contributed by atoms with Crippen molar-refractivity contribution in [3.8, 4) is 0 Å². The van der Waals surface area contributed by atoms with Crippen LogP contribution in [-0.4, -0.2) is 63.1 Å². The molecular weight excluding hydrogens is 388 g/mol. The summed E-state index contributed by atoms with van der Waals surface area (Å²) in [6.07, 6.45) is 0. The second-order valence-corrected chi connectivity index (χ2v) is 2.94. The molecule has 0 unspecified atom stereocenters. The van der Waals surface area contributed by atoms with Crippen molar-refractivity contribution in [3.63, 3.8) is 0 Å². The molecule has 0 aliphatic carbocycles. The van der Waals surface area contributed by atoms with E-state index in [1.807, 2.05) is 0 Å². The molecule has 0 radical (unpaired) electrons. The van der Waals surface area contributed by atoms with Crippen LogP contribution < -0.4 is 123 Å². The summed E-state index contributed by atoms with van der Waals surface area (Å²) in [5.41, 5.74) is 0. The minimum absolute atomic E-state index is 0. The Morgan fingerprint density at radius 3 is 0.810 bits per heavy atom. The quantitative estimate of drug-likeness (QED) is 0.349. The van der Waals surface area contributed by atoms with Gasteiger partial charge in [0.25, 0.3) is 0 Å². The molecule has 0 atom stereocenters. The second-order valence-electron chi connectivity index (χ2n) is 0.900. The smallest absolute Gasteiger partial charge is 1.00 e. The molecule has 0 amide bonds. The number of carbonyl (C=O) groups is 1. The molecule has 0 aromatic carbocycles. The number of carboxylic acid groups (broad SMARTS) is 1. The van der Waals surface area contributed by atoms with Gasteiger partial charge >= 0.3 is 118 Å². The maximum Gasteiger partial charge on any atom is 1.00 e. The zero-order chi connectivity index (χ0) is 8.08. The summed E-state index contributed by atoms with van der Waals surface area (Å²) in [5.74, 6) is -1.08. The Bertz CT molecular complexity index is 180. The zero-order valence-electron chi connectivity index (χ0n) is 13.4. The van der Waals surface area contributed by atoms with Crippen molar-refractivity contribution in [2.75, 3.05) is 0 Å². The summed E-state index contributed by atoms with van der Waals surface area (Å²) in [6, 6.07) is 0. The third-order valence-electron chi connectivity index (χ3n) is 0. The van der Waals surface area contributed by atoms with E-state index in [2.05, 4.69) is 11.2 Å². The van der Waals surface area contributed by atoms with Gasteiger partial charge in [-0.25, -0.2) is 0 Å². The molecule has 21 heavy (non-hydrogen) atoms. The van der Waals surface area contributed by atoms with Gasteiger partial charge in [0.15, 0.2) is 0 Å². The first kappa shape index (κ1) is 123. The van der Waals surface area contributed by atoms with Crippen molar-refractivity contribution in [3.05, 3.63) is 0 Å². The molecule has 0 aromatic rings. The molecule has 0 spiro atoms. The van der Waals surface area contributed by atoms with E-state index in [-0.39, 0.29) is 163 Å². The van der Waals surface area contributed by atoms with Crippen molar-refractivity contribution >= 4 is 26.2 Å². The van der Waals surface area contributed by atoms with E-state index in [0.29, 0.717) is 0 Å². The van der Waals surface area contributed by atoms with Crippen LogP contribution in [-0.2, 0) is 25.0 Å². The number of rotatable bonds is 0. The van der Waals surface area contributed by atoms with Gasteiger partial charge in [0, 0.05) is 5.97 Å². The Hall–Kier alpha value is 3.44. The predicted octanol–water partition coefficient (Wildman–Crippen LogP) is -20.7. The van der Waals surface area contributed by atoms with Crippen molar-refractivity contribution in [2.45, 2.75) is 6.92 Å². The molecule has 0 aliphatic rings. The van der Waals surface area contributed by atoms with Gasteiger partial charge in [0.1, 0.15) is 0 Å². The van der Waals surface area contributed by atoms with E-state index in [0.717, 1.165) is 6.92 Å². The van der Waals surface area contributed by atoms with Crippen LogP contribution in [0.25, 0.3) is 0 Å². The Balaban J connectivity index is -0.00000000216. The molecule has 0 heterocycles. The number of carbonyl (C=O) groups excluding carboxylic acids is 1. The van der Waals surface area contributed by atoms with Crippen LogP contribution in [0.3, 0.4) is 0 Å². The fraction of sp³-hybridized carbons (Fsp3) is 0.500. The average molecular weight is 408 g/mol. The van der Waals surface area contributed by atoms with Crippen LogP contribution in [0.5, 0.6) is 0 Å². The minimum atomic E-state index is -4.33. The summed E-state index contributed by atoms with van der Waals surface area (Å²) in [7, 11) is -4.33. The van der Waals surface area contributed by atoms with Gasteiger partial charge in [-0.05, 0) is 18.1 Å². The first-order chi connectivity index (χ1) is 3.73. The Kier molecular flexibility index (Phi) is 447. The van der Waals surface area contributed by atoms with Gasteiger partial charge in [0.2, 0.25) is 0 Å². The molecule has 0 aliphatic heterocycles. The molecule has 13 nitrogen and oxygen atoms in total. The SMILES string of the molecule is CC(=O)[O-].O.O.O.O.O.O.O.O.O=S([O-])([O-])=S.[H-].[Na+].[Na+].[Na+].[Na+]. The van der Waals surface area contributed by atoms with E-state index in [4.69, 9.17) is 23.2 Å². The second kappa shape index (κ2) is 76.3. The van der Waals surface area contributed by atoms with Crippen molar-refractivity contribution in [1.29, 1.82) is 0 Å². The molecule has 0 saturated carbocycles. The fourth-order valence-corrected chi connectivity index (χ4v) is 0. The topological polar surface area (TPSA) is 355 Å². The van der Waals surface area contributed by atoms with E-state index < -0.39 is 15.0 Å².